The van der Waals surface area contributed by atoms with Crippen molar-refractivity contribution in [3.05, 3.63) is 53.1 Å². The first-order chi connectivity index (χ1) is 17.5. The van der Waals surface area contributed by atoms with Crippen LogP contribution in [0.5, 0.6) is 5.75 Å². The minimum Gasteiger partial charge on any atom is -0.593 e. The van der Waals surface area contributed by atoms with E-state index < -0.39 is 46.1 Å². The topological polar surface area (TPSA) is 186 Å². The van der Waals surface area contributed by atoms with Gasteiger partial charge in [0.25, 0.3) is 11.8 Å². The number of carbonyl (C=O) groups excluding carboxylic acids is 5. The van der Waals surface area contributed by atoms with Crippen LogP contribution in [0.25, 0.3) is 0 Å². The second-order valence-electron chi connectivity index (χ2n) is 8.42. The minimum absolute atomic E-state index is 0.00357. The van der Waals surface area contributed by atoms with Gasteiger partial charge in [0.15, 0.2) is 0 Å². The number of hydrogen-bond acceptors (Lipinski definition) is 8. The van der Waals surface area contributed by atoms with E-state index in [0.29, 0.717) is 11.3 Å². The summed E-state index contributed by atoms with van der Waals surface area (Å²) in [6, 6.07) is 7.21. The Labute approximate surface area is 212 Å². The summed E-state index contributed by atoms with van der Waals surface area (Å²) in [5.74, 6) is -2.16. The van der Waals surface area contributed by atoms with Gasteiger partial charge in [-0.3, -0.25) is 29.4 Å². The lowest BCUT2D eigenvalue weighted by Gasteiger charge is -2.27. The lowest BCUT2D eigenvalue weighted by atomic mass is 10.0. The summed E-state index contributed by atoms with van der Waals surface area (Å²) >= 11 is 0. The average molecular weight is 530 g/mol. The monoisotopic (exact) mass is 529 g/mol. The molecule has 194 valence electrons. The molecule has 0 saturated carbocycles. The van der Waals surface area contributed by atoms with Crippen molar-refractivity contribution in [1.29, 1.82) is 0 Å². The quantitative estimate of drug-likeness (QED) is 0.302. The molecule has 2 aromatic rings. The van der Waals surface area contributed by atoms with Crippen molar-refractivity contribution < 1.29 is 37.5 Å². The Hall–Kier alpha value is -4.30. The number of amides is 6. The number of urea groups is 1. The molecule has 2 aliphatic rings. The van der Waals surface area contributed by atoms with Crippen LogP contribution in [0.4, 0.5) is 16.2 Å². The van der Waals surface area contributed by atoms with Crippen LogP contribution in [0.2, 0.25) is 0 Å². The molecular weight excluding hydrogens is 506 g/mol. The molecule has 0 aromatic heterocycles. The zero-order chi connectivity index (χ0) is 26.9. The molecule has 2 atom stereocenters. The van der Waals surface area contributed by atoms with E-state index in [1.165, 1.54) is 37.4 Å². The fraction of sp³-hybridized carbons (Fsp3) is 0.261. The molecule has 2 aromatic carbocycles. The second-order valence-corrected chi connectivity index (χ2v) is 10.2. The van der Waals surface area contributed by atoms with Crippen LogP contribution in [0.15, 0.2) is 36.4 Å². The standard InChI is InChI=1S/C23H23N5O8S/c1-36-18-7-4-13(10-16(18)27-37(2,34)35)25-23(33)24-11-12-3-5-14-15(9-12)22(32)28(21(14)31)17-6-8-19(29)26-20(17)30/h3-5,7,9-10,17H,6,8,11H2,1-2H3,(H4-,24,25,26,27,29,30,33,34,35). The fourth-order valence-corrected chi connectivity index (χ4v) is 4.61. The Balaban J connectivity index is 1.41. The summed E-state index contributed by atoms with van der Waals surface area (Å²) in [5, 5.41) is 7.33. The molecule has 6 amide bonds. The Kier molecular flexibility index (Phi) is 6.96. The molecule has 4 N–H and O–H groups in total. The van der Waals surface area contributed by atoms with E-state index in [4.69, 9.17) is 4.74 Å². The van der Waals surface area contributed by atoms with Crippen molar-refractivity contribution in [1.82, 2.24) is 15.5 Å². The van der Waals surface area contributed by atoms with Gasteiger partial charge in [-0.1, -0.05) is 10.3 Å². The number of hydrogen-bond donors (Lipinski definition) is 4. The van der Waals surface area contributed by atoms with Gasteiger partial charge in [0.05, 0.1) is 18.2 Å². The van der Waals surface area contributed by atoms with Crippen LogP contribution in [-0.2, 0) is 30.7 Å². The van der Waals surface area contributed by atoms with E-state index in [1.807, 2.05) is 0 Å². The van der Waals surface area contributed by atoms with Crippen LogP contribution in [-0.4, -0.2) is 58.5 Å². The van der Waals surface area contributed by atoms with Crippen molar-refractivity contribution in [2.24, 2.45) is 0 Å². The van der Waals surface area contributed by atoms with Gasteiger partial charge in [-0.25, -0.2) is 9.52 Å². The maximum atomic E-state index is 12.9. The first-order valence-corrected chi connectivity index (χ1v) is 12.9. The molecule has 0 aliphatic carbocycles. The lowest BCUT2D eigenvalue weighted by molar-refractivity contribution is -0.136. The largest absolute Gasteiger partial charge is 0.593 e. The molecule has 1 saturated heterocycles. The Morgan fingerprint density at radius 2 is 1.86 bits per heavy atom. The second kappa shape index (κ2) is 9.99. The van der Waals surface area contributed by atoms with Crippen molar-refractivity contribution >= 4 is 51.4 Å². The van der Waals surface area contributed by atoms with E-state index in [1.54, 1.807) is 6.07 Å². The number of rotatable bonds is 7. The minimum atomic E-state index is -3.58. The number of ether oxygens (including phenoxy) is 1. The number of benzene rings is 2. The van der Waals surface area contributed by atoms with Crippen LogP contribution in [0.1, 0.15) is 39.1 Å². The number of nitrogens with one attached hydrogen (secondary N) is 4. The number of fused-ring (bicyclic) bond motifs is 1. The first kappa shape index (κ1) is 25.8. The van der Waals surface area contributed by atoms with Crippen LogP contribution in [0.3, 0.4) is 0 Å². The van der Waals surface area contributed by atoms with Crippen LogP contribution >= 0.6 is 0 Å². The summed E-state index contributed by atoms with van der Waals surface area (Å²) in [6.07, 6.45) is 1.06. The van der Waals surface area contributed by atoms with Gasteiger partial charge in [-0.15, -0.1) is 0 Å². The maximum Gasteiger partial charge on any atom is 0.319 e. The third-order valence-corrected chi connectivity index (χ3v) is 6.30. The predicted molar refractivity (Wildman–Crippen MR) is 130 cm³/mol. The number of methoxy groups -OCH3 is 1. The molecule has 0 spiro atoms. The summed E-state index contributed by atoms with van der Waals surface area (Å²) < 4.78 is 30.6. The Bertz CT molecular complexity index is 1370. The highest BCUT2D eigenvalue weighted by Crippen LogP contribution is 2.30. The van der Waals surface area contributed by atoms with E-state index >= 15 is 0 Å². The third kappa shape index (κ3) is 5.59. The van der Waals surface area contributed by atoms with Crippen molar-refractivity contribution in [3.63, 3.8) is 0 Å². The van der Waals surface area contributed by atoms with Gasteiger partial charge in [0.1, 0.15) is 34.1 Å². The van der Waals surface area contributed by atoms with E-state index in [0.717, 1.165) is 11.2 Å². The first-order valence-electron chi connectivity index (χ1n) is 11.0. The summed E-state index contributed by atoms with van der Waals surface area (Å²) in [4.78, 5) is 62.6. The van der Waals surface area contributed by atoms with Gasteiger partial charge in [-0.2, -0.15) is 0 Å². The van der Waals surface area contributed by atoms with Gasteiger partial charge in [-0.05, 0) is 42.3 Å². The van der Waals surface area contributed by atoms with Crippen molar-refractivity contribution in [2.45, 2.75) is 25.4 Å². The SMILES string of the molecule is COc1ccc(NC(=O)NCc2ccc3c(c2)C(=O)N(C2CCC(=O)NC2=O)C3=O)cc1N[S+](C)(=O)[O-]. The number of imide groups is 2. The van der Waals surface area contributed by atoms with Gasteiger partial charge >= 0.3 is 6.03 Å². The summed E-state index contributed by atoms with van der Waals surface area (Å²) in [5.41, 5.74) is 1.19. The molecule has 14 heteroatoms. The summed E-state index contributed by atoms with van der Waals surface area (Å²) in [6.45, 7) is 0.00357. The van der Waals surface area contributed by atoms with E-state index in [9.17, 15) is 32.7 Å². The number of anilines is 2. The van der Waals surface area contributed by atoms with Crippen LogP contribution < -0.4 is 25.4 Å². The molecule has 13 nitrogen and oxygen atoms in total. The normalized spacial score (nSPS) is 18.6. The van der Waals surface area contributed by atoms with Gasteiger partial charge < -0.3 is 19.9 Å². The molecule has 2 unspecified atom stereocenters. The van der Waals surface area contributed by atoms with Gasteiger partial charge in [0, 0.05) is 18.7 Å². The molecule has 4 rings (SSSR count). The lowest BCUT2D eigenvalue weighted by Crippen LogP contribution is -2.54. The molecule has 0 bridgehead atoms. The van der Waals surface area contributed by atoms with E-state index in [2.05, 4.69) is 20.7 Å². The number of carbonyl (C=O) groups is 5. The highest BCUT2D eigenvalue weighted by atomic mass is 32.3. The zero-order valence-electron chi connectivity index (χ0n) is 19.8. The van der Waals surface area contributed by atoms with E-state index in [-0.39, 0.29) is 42.0 Å². The Morgan fingerprint density at radius 1 is 1.14 bits per heavy atom. The predicted octanol–water partition coefficient (Wildman–Crippen LogP) is 1.00. The van der Waals surface area contributed by atoms with Crippen molar-refractivity contribution in [2.75, 3.05) is 23.4 Å². The average Bonchev–Trinajstić information content (AvgIpc) is 3.06. The number of nitrogens with zero attached hydrogens (tertiary/aromatic N) is 1. The number of sulfonamides is 1. The molecule has 2 heterocycles. The Morgan fingerprint density at radius 3 is 2.54 bits per heavy atom. The highest BCUT2D eigenvalue weighted by molar-refractivity contribution is 7.98. The molecule has 0 radical (unpaired) electrons. The van der Waals surface area contributed by atoms with Crippen molar-refractivity contribution in [3.8, 4) is 5.75 Å². The molecule has 1 fully saturated rings. The summed E-state index contributed by atoms with van der Waals surface area (Å²) in [7, 11) is -2.21. The van der Waals surface area contributed by atoms with Gasteiger partial charge in [0.2, 0.25) is 11.8 Å². The molecular formula is C23H23N5O8S. The fourth-order valence-electron chi connectivity index (χ4n) is 4.05. The molecule has 37 heavy (non-hydrogen) atoms. The molecule has 2 aliphatic heterocycles. The van der Waals surface area contributed by atoms with Crippen LogP contribution in [0, 0.1) is 0 Å². The maximum absolute atomic E-state index is 12.9. The smallest absolute Gasteiger partial charge is 0.319 e. The zero-order valence-corrected chi connectivity index (χ0v) is 20.6. The number of piperidine rings is 1. The third-order valence-electron chi connectivity index (χ3n) is 5.71. The highest BCUT2D eigenvalue weighted by Gasteiger charge is 2.44.